The third kappa shape index (κ3) is 5.04. The van der Waals surface area contributed by atoms with Gasteiger partial charge in [-0.15, -0.1) is 10.2 Å². The van der Waals surface area contributed by atoms with Crippen LogP contribution < -0.4 is 4.74 Å². The van der Waals surface area contributed by atoms with Crippen molar-refractivity contribution in [3.63, 3.8) is 0 Å². The predicted molar refractivity (Wildman–Crippen MR) is 114 cm³/mol. The van der Waals surface area contributed by atoms with E-state index in [9.17, 15) is 14.9 Å². The number of nitrogens with zero attached hydrogens (tertiary/aromatic N) is 4. The van der Waals surface area contributed by atoms with E-state index in [1.807, 2.05) is 38.2 Å². The van der Waals surface area contributed by atoms with Gasteiger partial charge in [0.2, 0.25) is 0 Å². The van der Waals surface area contributed by atoms with Gasteiger partial charge in [0.25, 0.3) is 5.69 Å². The number of nitro benzene ring substituents is 1. The van der Waals surface area contributed by atoms with Crippen molar-refractivity contribution in [2.45, 2.75) is 31.5 Å². The second-order valence-electron chi connectivity index (χ2n) is 6.68. The molecule has 0 saturated heterocycles. The Kier molecular flexibility index (Phi) is 6.83. The normalized spacial score (nSPS) is 11.8. The summed E-state index contributed by atoms with van der Waals surface area (Å²) >= 11 is 1.23. The number of hydrogen-bond acceptors (Lipinski definition) is 7. The van der Waals surface area contributed by atoms with Crippen molar-refractivity contribution in [1.29, 1.82) is 0 Å². The second kappa shape index (κ2) is 9.53. The van der Waals surface area contributed by atoms with Crippen LogP contribution in [0.4, 0.5) is 5.69 Å². The van der Waals surface area contributed by atoms with Gasteiger partial charge in [-0.2, -0.15) is 0 Å². The average Bonchev–Trinajstić information content (AvgIpc) is 3.13. The quantitative estimate of drug-likeness (QED) is 0.216. The van der Waals surface area contributed by atoms with Gasteiger partial charge in [0, 0.05) is 24.7 Å². The van der Waals surface area contributed by atoms with Crippen molar-refractivity contribution in [2.24, 2.45) is 7.05 Å². The SMILES string of the molecule is CCc1ccc(O[C@@H](C)c2nnc(SCC(=O)c3cccc([N+](=O)[O-])c3)n2C)cc1. The zero-order valence-corrected chi connectivity index (χ0v) is 17.8. The number of carbonyl (C=O) groups excluding carboxylic acids is 1. The Balaban J connectivity index is 1.63. The molecule has 3 rings (SSSR count). The van der Waals surface area contributed by atoms with Crippen LogP contribution in [0.2, 0.25) is 0 Å². The molecule has 0 fully saturated rings. The highest BCUT2D eigenvalue weighted by Crippen LogP contribution is 2.25. The zero-order chi connectivity index (χ0) is 21.7. The first-order chi connectivity index (χ1) is 14.4. The molecule has 9 heteroatoms. The summed E-state index contributed by atoms with van der Waals surface area (Å²) in [5.41, 5.74) is 1.43. The second-order valence-corrected chi connectivity index (χ2v) is 7.62. The summed E-state index contributed by atoms with van der Waals surface area (Å²) in [6.45, 7) is 3.99. The van der Waals surface area contributed by atoms with Crippen LogP contribution in [0.15, 0.2) is 53.7 Å². The van der Waals surface area contributed by atoms with E-state index in [2.05, 4.69) is 17.1 Å². The lowest BCUT2D eigenvalue weighted by Crippen LogP contribution is -2.10. The molecule has 0 radical (unpaired) electrons. The van der Waals surface area contributed by atoms with Crippen LogP contribution >= 0.6 is 11.8 Å². The Morgan fingerprint density at radius 2 is 1.97 bits per heavy atom. The minimum absolute atomic E-state index is 0.0981. The van der Waals surface area contributed by atoms with Crippen LogP contribution in [0.5, 0.6) is 5.75 Å². The summed E-state index contributed by atoms with van der Waals surface area (Å²) in [6.07, 6.45) is 0.645. The van der Waals surface area contributed by atoms with Crippen LogP contribution in [0.1, 0.15) is 41.7 Å². The molecule has 8 nitrogen and oxygen atoms in total. The lowest BCUT2D eigenvalue weighted by Gasteiger charge is -2.14. The number of ketones is 1. The molecule has 2 aromatic carbocycles. The van der Waals surface area contributed by atoms with E-state index in [0.29, 0.717) is 16.5 Å². The van der Waals surface area contributed by atoms with Gasteiger partial charge >= 0.3 is 0 Å². The van der Waals surface area contributed by atoms with E-state index < -0.39 is 4.92 Å². The van der Waals surface area contributed by atoms with Crippen molar-refractivity contribution in [1.82, 2.24) is 14.8 Å². The molecule has 0 bridgehead atoms. The first kappa shape index (κ1) is 21.5. The number of Topliss-reactive ketones (excluding diaryl/α,β-unsaturated/α-hetero) is 1. The Morgan fingerprint density at radius 1 is 1.23 bits per heavy atom. The van der Waals surface area contributed by atoms with Crippen molar-refractivity contribution >= 4 is 23.2 Å². The summed E-state index contributed by atoms with van der Waals surface area (Å²) in [6, 6.07) is 13.6. The Labute approximate surface area is 178 Å². The molecule has 156 valence electrons. The van der Waals surface area contributed by atoms with E-state index in [0.717, 1.165) is 12.2 Å². The third-order valence-electron chi connectivity index (χ3n) is 4.59. The molecule has 0 aliphatic heterocycles. The molecule has 30 heavy (non-hydrogen) atoms. The highest BCUT2D eigenvalue weighted by atomic mass is 32.2. The predicted octanol–water partition coefficient (Wildman–Crippen LogP) is 4.40. The number of benzene rings is 2. The van der Waals surface area contributed by atoms with Gasteiger partial charge in [-0.1, -0.05) is 43.0 Å². The lowest BCUT2D eigenvalue weighted by molar-refractivity contribution is -0.384. The van der Waals surface area contributed by atoms with Gasteiger partial charge < -0.3 is 9.30 Å². The number of carbonyl (C=O) groups is 1. The number of ether oxygens (including phenoxy) is 1. The summed E-state index contributed by atoms with van der Waals surface area (Å²) in [5, 5.41) is 19.8. The number of nitro groups is 1. The number of non-ortho nitro benzene ring substituents is 1. The largest absolute Gasteiger partial charge is 0.483 e. The van der Waals surface area contributed by atoms with Crippen LogP contribution in [0.25, 0.3) is 0 Å². The first-order valence-electron chi connectivity index (χ1n) is 9.44. The monoisotopic (exact) mass is 426 g/mol. The number of aromatic nitrogens is 3. The van der Waals surface area contributed by atoms with E-state index in [1.165, 1.54) is 35.5 Å². The third-order valence-corrected chi connectivity index (χ3v) is 5.61. The minimum Gasteiger partial charge on any atom is -0.483 e. The molecule has 0 unspecified atom stereocenters. The molecule has 3 aromatic rings. The maximum absolute atomic E-state index is 12.4. The maximum atomic E-state index is 12.4. The van der Waals surface area contributed by atoms with E-state index in [-0.39, 0.29) is 23.3 Å². The first-order valence-corrected chi connectivity index (χ1v) is 10.4. The van der Waals surface area contributed by atoms with Crippen LogP contribution in [0.3, 0.4) is 0 Å². The van der Waals surface area contributed by atoms with Crippen LogP contribution in [-0.2, 0) is 13.5 Å². The fraction of sp³-hybridized carbons (Fsp3) is 0.286. The highest BCUT2D eigenvalue weighted by molar-refractivity contribution is 7.99. The van der Waals surface area contributed by atoms with Gasteiger partial charge in [0.05, 0.1) is 10.7 Å². The molecule has 0 saturated carbocycles. The number of rotatable bonds is 9. The molecule has 0 amide bonds. The van der Waals surface area contributed by atoms with Gasteiger partial charge in [-0.3, -0.25) is 14.9 Å². The van der Waals surface area contributed by atoms with E-state index >= 15 is 0 Å². The molecule has 0 N–H and O–H groups in total. The molecular formula is C21H22N4O4S. The van der Waals surface area contributed by atoms with Crippen molar-refractivity contribution < 1.29 is 14.5 Å². The zero-order valence-electron chi connectivity index (χ0n) is 16.9. The minimum atomic E-state index is -0.518. The summed E-state index contributed by atoms with van der Waals surface area (Å²) in [7, 11) is 1.82. The maximum Gasteiger partial charge on any atom is 0.270 e. The Morgan fingerprint density at radius 3 is 2.63 bits per heavy atom. The molecular weight excluding hydrogens is 404 g/mol. The van der Waals surface area contributed by atoms with Crippen LogP contribution in [0, 0.1) is 10.1 Å². The van der Waals surface area contributed by atoms with Crippen molar-refractivity contribution in [2.75, 3.05) is 5.75 Å². The molecule has 0 aliphatic rings. The fourth-order valence-electron chi connectivity index (χ4n) is 2.87. The average molecular weight is 426 g/mol. The van der Waals surface area contributed by atoms with E-state index in [1.54, 1.807) is 10.6 Å². The lowest BCUT2D eigenvalue weighted by atomic mass is 10.1. The Hall–Kier alpha value is -3.20. The molecule has 0 aliphatic carbocycles. The topological polar surface area (TPSA) is 100 Å². The summed E-state index contributed by atoms with van der Waals surface area (Å²) < 4.78 is 7.75. The van der Waals surface area contributed by atoms with Gasteiger partial charge in [0.1, 0.15) is 5.75 Å². The standard InChI is InChI=1S/C21H22N4O4S/c1-4-15-8-10-18(11-9-15)29-14(2)20-22-23-21(24(20)3)30-13-19(26)16-6-5-7-17(12-16)25(27)28/h5-12,14H,4,13H2,1-3H3/t14-/m0/s1. The fourth-order valence-corrected chi connectivity index (χ4v) is 3.69. The number of hydrogen-bond donors (Lipinski definition) is 0. The smallest absolute Gasteiger partial charge is 0.270 e. The Bertz CT molecular complexity index is 1050. The summed E-state index contributed by atoms with van der Waals surface area (Å²) in [4.78, 5) is 22.8. The van der Waals surface area contributed by atoms with Crippen molar-refractivity contribution in [3.05, 3.63) is 75.6 Å². The number of thioether (sulfide) groups is 1. The summed E-state index contributed by atoms with van der Waals surface area (Å²) in [5.74, 6) is 1.27. The van der Waals surface area contributed by atoms with E-state index in [4.69, 9.17) is 4.74 Å². The van der Waals surface area contributed by atoms with Gasteiger partial charge in [-0.05, 0) is 31.0 Å². The van der Waals surface area contributed by atoms with Gasteiger partial charge in [0.15, 0.2) is 22.9 Å². The van der Waals surface area contributed by atoms with Crippen LogP contribution in [-0.4, -0.2) is 31.2 Å². The molecule has 1 aromatic heterocycles. The highest BCUT2D eigenvalue weighted by Gasteiger charge is 2.19. The van der Waals surface area contributed by atoms with Gasteiger partial charge in [-0.25, -0.2) is 0 Å². The molecule has 1 atom stereocenters. The number of aryl methyl sites for hydroxylation is 1. The molecule has 1 heterocycles. The van der Waals surface area contributed by atoms with Crippen molar-refractivity contribution in [3.8, 4) is 5.75 Å². The molecule has 0 spiro atoms.